The van der Waals surface area contributed by atoms with Crippen molar-refractivity contribution in [2.75, 3.05) is 0 Å². The predicted molar refractivity (Wildman–Crippen MR) is 127 cm³/mol. The first-order valence-electron chi connectivity index (χ1n) is 11.0. The number of benzene rings is 2. The van der Waals surface area contributed by atoms with E-state index in [0.29, 0.717) is 5.92 Å². The summed E-state index contributed by atoms with van der Waals surface area (Å²) in [6.45, 7) is 19.7. The fourth-order valence-electron chi connectivity index (χ4n) is 4.42. The maximum absolute atomic E-state index is 10.8. The SMILES string of the molecule is CCCC1c2cc(C(C)(C)C)c(cc2C)OP(O)Oc2cc(C)c1cc2C(C)(C)C. The summed E-state index contributed by atoms with van der Waals surface area (Å²) in [4.78, 5) is 10.8. The molecule has 0 aromatic heterocycles. The van der Waals surface area contributed by atoms with E-state index >= 15 is 0 Å². The standard InChI is InChI=1S/C26H37O3P/c1-10-11-18-19-14-21(25(4,5)6)23(12-16(19)2)28-30(27)29-24-13-17(3)20(18)15-22(24)26(7,8)9/h12-15,18,27H,10-11H2,1-9H3. The molecule has 4 bridgehead atoms. The predicted octanol–water partition coefficient (Wildman–Crippen LogP) is 7.82. The first-order chi connectivity index (χ1) is 13.8. The number of rotatable bonds is 2. The van der Waals surface area contributed by atoms with Gasteiger partial charge in [-0.3, -0.25) is 0 Å². The molecule has 30 heavy (non-hydrogen) atoms. The zero-order valence-electron chi connectivity index (χ0n) is 20.0. The lowest BCUT2D eigenvalue weighted by atomic mass is 9.76. The largest absolute Gasteiger partial charge is 0.460 e. The van der Waals surface area contributed by atoms with Crippen LogP contribution >= 0.6 is 8.60 Å². The van der Waals surface area contributed by atoms with Gasteiger partial charge in [0.05, 0.1) is 0 Å². The fourth-order valence-corrected chi connectivity index (χ4v) is 5.10. The maximum atomic E-state index is 10.8. The van der Waals surface area contributed by atoms with Gasteiger partial charge >= 0.3 is 8.60 Å². The lowest BCUT2D eigenvalue weighted by Gasteiger charge is -2.32. The van der Waals surface area contributed by atoms with Crippen LogP contribution < -0.4 is 9.05 Å². The summed E-state index contributed by atoms with van der Waals surface area (Å²) >= 11 is 0. The Bertz CT molecular complexity index is 861. The molecule has 0 spiro atoms. The molecule has 4 heterocycles. The molecule has 3 nitrogen and oxygen atoms in total. The van der Waals surface area contributed by atoms with Crippen molar-refractivity contribution in [3.63, 3.8) is 0 Å². The third-order valence-electron chi connectivity index (χ3n) is 6.03. The second kappa shape index (κ2) is 8.17. The molecule has 0 unspecified atom stereocenters. The molecule has 4 aliphatic heterocycles. The maximum Gasteiger partial charge on any atom is 0.460 e. The summed E-state index contributed by atoms with van der Waals surface area (Å²) in [7, 11) is -2.09. The minimum atomic E-state index is -2.09. The van der Waals surface area contributed by atoms with Gasteiger partial charge in [0.25, 0.3) is 0 Å². The van der Waals surface area contributed by atoms with Gasteiger partial charge in [-0.2, -0.15) is 0 Å². The van der Waals surface area contributed by atoms with Crippen LogP contribution in [0.1, 0.15) is 101 Å². The smallest absolute Gasteiger partial charge is 0.418 e. The lowest BCUT2D eigenvalue weighted by molar-refractivity contribution is 0.370. The van der Waals surface area contributed by atoms with Gasteiger partial charge in [-0.1, -0.05) is 67.0 Å². The Morgan fingerprint density at radius 3 is 1.53 bits per heavy atom. The van der Waals surface area contributed by atoms with Crippen LogP contribution in [-0.4, -0.2) is 4.89 Å². The van der Waals surface area contributed by atoms with Crippen molar-refractivity contribution >= 4 is 8.60 Å². The van der Waals surface area contributed by atoms with E-state index in [1.54, 1.807) is 0 Å². The molecule has 6 rings (SSSR count). The molecule has 0 saturated carbocycles. The van der Waals surface area contributed by atoms with Crippen LogP contribution in [0.25, 0.3) is 0 Å². The van der Waals surface area contributed by atoms with E-state index in [2.05, 4.69) is 86.6 Å². The molecular weight excluding hydrogens is 391 g/mol. The summed E-state index contributed by atoms with van der Waals surface area (Å²) in [5.41, 5.74) is 7.10. The molecule has 0 radical (unpaired) electrons. The van der Waals surface area contributed by atoms with Crippen LogP contribution in [0, 0.1) is 13.8 Å². The molecular formula is C26H37O3P. The highest BCUT2D eigenvalue weighted by atomic mass is 31.2. The normalized spacial score (nSPS) is 19.1. The second-order valence-electron chi connectivity index (χ2n) is 10.7. The zero-order chi connectivity index (χ0) is 22.4. The van der Waals surface area contributed by atoms with Crippen LogP contribution in [0.5, 0.6) is 11.5 Å². The van der Waals surface area contributed by atoms with Gasteiger partial charge in [-0.25, -0.2) is 0 Å². The first-order valence-corrected chi connectivity index (χ1v) is 12.1. The van der Waals surface area contributed by atoms with E-state index in [1.165, 1.54) is 22.3 Å². The van der Waals surface area contributed by atoms with E-state index < -0.39 is 8.60 Å². The van der Waals surface area contributed by atoms with Gasteiger partial charge in [-0.05, 0) is 65.5 Å². The van der Waals surface area contributed by atoms with E-state index in [0.717, 1.165) is 35.5 Å². The molecule has 164 valence electrons. The highest BCUT2D eigenvalue weighted by Gasteiger charge is 2.31. The Balaban J connectivity index is 2.38. The number of hydrogen-bond donors (Lipinski definition) is 1. The molecule has 0 fully saturated rings. The summed E-state index contributed by atoms with van der Waals surface area (Å²) in [6, 6.07) is 8.78. The van der Waals surface area contributed by atoms with E-state index in [4.69, 9.17) is 9.05 Å². The summed E-state index contributed by atoms with van der Waals surface area (Å²) in [5, 5.41) is 0. The Labute approximate surface area is 183 Å². The zero-order valence-corrected chi connectivity index (χ0v) is 20.9. The number of hydrogen-bond acceptors (Lipinski definition) is 3. The van der Waals surface area contributed by atoms with Gasteiger partial charge in [0.2, 0.25) is 0 Å². The van der Waals surface area contributed by atoms with Gasteiger partial charge in [-0.15, -0.1) is 0 Å². The van der Waals surface area contributed by atoms with Crippen LogP contribution in [0.2, 0.25) is 0 Å². The Kier molecular flexibility index (Phi) is 6.29. The fraction of sp³-hybridized carbons (Fsp3) is 0.538. The van der Waals surface area contributed by atoms with E-state index in [9.17, 15) is 4.89 Å². The van der Waals surface area contributed by atoms with Crippen molar-refractivity contribution in [3.8, 4) is 11.5 Å². The van der Waals surface area contributed by atoms with Crippen molar-refractivity contribution in [1.29, 1.82) is 0 Å². The second-order valence-corrected chi connectivity index (χ2v) is 11.5. The van der Waals surface area contributed by atoms with Gasteiger partial charge in [0.1, 0.15) is 11.5 Å². The van der Waals surface area contributed by atoms with Gasteiger partial charge in [0.15, 0.2) is 0 Å². The molecule has 4 aliphatic rings. The Hall–Kier alpha value is -1.57. The van der Waals surface area contributed by atoms with Crippen LogP contribution in [0.15, 0.2) is 24.3 Å². The highest BCUT2D eigenvalue weighted by molar-refractivity contribution is 7.41. The van der Waals surface area contributed by atoms with Gasteiger partial charge in [0, 0.05) is 17.0 Å². The van der Waals surface area contributed by atoms with E-state index in [1.807, 2.05) is 0 Å². The molecule has 0 amide bonds. The molecule has 0 atom stereocenters. The quantitative estimate of drug-likeness (QED) is 0.496. The Morgan fingerprint density at radius 2 is 1.20 bits per heavy atom. The van der Waals surface area contributed by atoms with Crippen molar-refractivity contribution in [3.05, 3.63) is 57.6 Å². The Morgan fingerprint density at radius 1 is 0.800 bits per heavy atom. The topological polar surface area (TPSA) is 38.7 Å². The molecule has 2 aromatic rings. The minimum Gasteiger partial charge on any atom is -0.418 e. The van der Waals surface area contributed by atoms with Crippen molar-refractivity contribution in [2.45, 2.75) is 91.9 Å². The summed E-state index contributed by atoms with van der Waals surface area (Å²) in [6.07, 6.45) is 2.19. The average molecular weight is 429 g/mol. The average Bonchev–Trinajstić information content (AvgIpc) is 2.57. The molecule has 1 N–H and O–H groups in total. The highest BCUT2D eigenvalue weighted by Crippen LogP contribution is 2.48. The van der Waals surface area contributed by atoms with Crippen LogP contribution in [0.3, 0.4) is 0 Å². The number of aryl methyl sites for hydroxylation is 2. The van der Waals surface area contributed by atoms with Gasteiger partial charge < -0.3 is 13.9 Å². The monoisotopic (exact) mass is 428 g/mol. The molecule has 0 saturated heterocycles. The van der Waals surface area contributed by atoms with Crippen LogP contribution in [-0.2, 0) is 10.8 Å². The van der Waals surface area contributed by atoms with E-state index in [-0.39, 0.29) is 10.8 Å². The summed E-state index contributed by atoms with van der Waals surface area (Å²) in [5.74, 6) is 1.75. The molecule has 2 aromatic carbocycles. The van der Waals surface area contributed by atoms with Crippen molar-refractivity contribution in [2.24, 2.45) is 0 Å². The minimum absolute atomic E-state index is 0.108. The molecule has 4 heteroatoms. The van der Waals surface area contributed by atoms with Crippen LogP contribution in [0.4, 0.5) is 0 Å². The van der Waals surface area contributed by atoms with Crippen molar-refractivity contribution < 1.29 is 13.9 Å². The third kappa shape index (κ3) is 4.53. The third-order valence-corrected chi connectivity index (χ3v) is 6.74. The molecule has 0 aliphatic carbocycles. The van der Waals surface area contributed by atoms with Crippen molar-refractivity contribution in [1.82, 2.24) is 0 Å². The lowest BCUT2D eigenvalue weighted by Crippen LogP contribution is -2.18. The first kappa shape index (κ1) is 23.1. The summed E-state index contributed by atoms with van der Waals surface area (Å²) < 4.78 is 12.1.